The molecular weight excluding hydrogens is 254 g/mol. The summed E-state index contributed by atoms with van der Waals surface area (Å²) in [5, 5.41) is 19.8. The first kappa shape index (κ1) is 12.8. The molecule has 96 valence electrons. The topological polar surface area (TPSA) is 80.7 Å². The molecule has 1 N–H and O–H groups in total. The number of nitro groups is 1. The fourth-order valence-corrected chi connectivity index (χ4v) is 2.52. The van der Waals surface area contributed by atoms with Crippen molar-refractivity contribution in [3.05, 3.63) is 40.2 Å². The number of imidazole rings is 1. The fourth-order valence-electron chi connectivity index (χ4n) is 1.66. The summed E-state index contributed by atoms with van der Waals surface area (Å²) >= 11 is 1.54. The van der Waals surface area contributed by atoms with Crippen molar-refractivity contribution < 1.29 is 10.0 Å². The average Bonchev–Trinajstić information content (AvgIpc) is 2.73. The lowest BCUT2D eigenvalue weighted by molar-refractivity contribution is -0.391. The van der Waals surface area contributed by atoms with Gasteiger partial charge in [0.25, 0.3) is 0 Å². The van der Waals surface area contributed by atoms with Gasteiger partial charge in [-0.2, -0.15) is 16.2 Å². The van der Waals surface area contributed by atoms with E-state index in [0.717, 1.165) is 5.75 Å². The Labute approximate surface area is 108 Å². The summed E-state index contributed by atoms with van der Waals surface area (Å²) in [7, 11) is 0. The van der Waals surface area contributed by atoms with Crippen molar-refractivity contribution in [1.29, 1.82) is 0 Å². The molecule has 2 aromatic rings. The molecule has 18 heavy (non-hydrogen) atoms. The zero-order valence-corrected chi connectivity index (χ0v) is 10.5. The van der Waals surface area contributed by atoms with E-state index in [9.17, 15) is 10.1 Å². The van der Waals surface area contributed by atoms with Crippen LogP contribution in [0.2, 0.25) is 0 Å². The molecule has 0 saturated carbocycles. The van der Waals surface area contributed by atoms with E-state index in [4.69, 9.17) is 5.11 Å². The molecule has 7 heteroatoms. The smallest absolute Gasteiger partial charge is 0.351 e. The lowest BCUT2D eigenvalue weighted by Crippen LogP contribution is -1.97. The van der Waals surface area contributed by atoms with Crippen molar-refractivity contribution in [3.8, 4) is 0 Å². The molecular formula is C11H13N3O3S. The second kappa shape index (κ2) is 5.83. The number of nitrogens with zero attached hydrogens (tertiary/aromatic N) is 3. The number of aliphatic hydroxyl groups excluding tert-OH is 1. The van der Waals surface area contributed by atoms with E-state index >= 15 is 0 Å². The third-order valence-electron chi connectivity index (χ3n) is 2.43. The van der Waals surface area contributed by atoms with Crippen LogP contribution < -0.4 is 0 Å². The SMILES string of the molecule is O=[N+]([O-])c1c(CSCCCO)nc2ccccn12. The number of hydrogen-bond donors (Lipinski definition) is 1. The van der Waals surface area contributed by atoms with Crippen LogP contribution in [0.4, 0.5) is 5.82 Å². The number of fused-ring (bicyclic) bond motifs is 1. The quantitative estimate of drug-likeness (QED) is 0.491. The largest absolute Gasteiger partial charge is 0.396 e. The highest BCUT2D eigenvalue weighted by atomic mass is 32.2. The second-order valence-electron chi connectivity index (χ2n) is 3.70. The standard InChI is InChI=1S/C11H13N3O3S/c15-6-3-7-18-8-9-11(14(16)17)13-5-2-1-4-10(13)12-9/h1-2,4-5,15H,3,6-8H2. The Morgan fingerprint density at radius 3 is 3.06 bits per heavy atom. The van der Waals surface area contributed by atoms with Crippen LogP contribution in [0.15, 0.2) is 24.4 Å². The van der Waals surface area contributed by atoms with E-state index in [1.165, 1.54) is 16.2 Å². The van der Waals surface area contributed by atoms with Gasteiger partial charge in [0.15, 0.2) is 0 Å². The normalized spacial score (nSPS) is 10.9. The summed E-state index contributed by atoms with van der Waals surface area (Å²) in [5.74, 6) is 1.28. The Balaban J connectivity index is 2.25. The van der Waals surface area contributed by atoms with Crippen molar-refractivity contribution in [2.24, 2.45) is 0 Å². The second-order valence-corrected chi connectivity index (χ2v) is 4.80. The molecule has 2 heterocycles. The zero-order valence-electron chi connectivity index (χ0n) is 9.65. The van der Waals surface area contributed by atoms with Crippen molar-refractivity contribution in [1.82, 2.24) is 9.38 Å². The Bertz CT molecular complexity index is 555. The molecule has 2 rings (SSSR count). The molecule has 0 radical (unpaired) electrons. The van der Waals surface area contributed by atoms with Gasteiger partial charge in [0.1, 0.15) is 5.69 Å². The summed E-state index contributed by atoms with van der Waals surface area (Å²) in [6.45, 7) is 0.139. The van der Waals surface area contributed by atoms with Gasteiger partial charge < -0.3 is 15.2 Å². The molecule has 0 unspecified atom stereocenters. The van der Waals surface area contributed by atoms with Gasteiger partial charge >= 0.3 is 5.82 Å². The first-order valence-electron chi connectivity index (χ1n) is 5.53. The highest BCUT2D eigenvalue weighted by Crippen LogP contribution is 2.24. The highest BCUT2D eigenvalue weighted by molar-refractivity contribution is 7.98. The van der Waals surface area contributed by atoms with Gasteiger partial charge in [0, 0.05) is 18.4 Å². The van der Waals surface area contributed by atoms with Crippen LogP contribution in [0.3, 0.4) is 0 Å². The fraction of sp³-hybridized carbons (Fsp3) is 0.364. The minimum absolute atomic E-state index is 0.0297. The van der Waals surface area contributed by atoms with Crippen molar-refractivity contribution in [2.75, 3.05) is 12.4 Å². The maximum Gasteiger partial charge on any atom is 0.351 e. The first-order chi connectivity index (χ1) is 8.74. The predicted octanol–water partition coefficient (Wildman–Crippen LogP) is 1.86. The van der Waals surface area contributed by atoms with Gasteiger partial charge in [0.05, 0.1) is 6.20 Å². The highest BCUT2D eigenvalue weighted by Gasteiger charge is 2.21. The van der Waals surface area contributed by atoms with Crippen LogP contribution in [0.5, 0.6) is 0 Å². The third-order valence-corrected chi connectivity index (χ3v) is 3.49. The Morgan fingerprint density at radius 2 is 2.33 bits per heavy atom. The maximum atomic E-state index is 11.1. The summed E-state index contributed by atoms with van der Waals surface area (Å²) in [4.78, 5) is 14.9. The molecule has 2 aromatic heterocycles. The van der Waals surface area contributed by atoms with E-state index in [-0.39, 0.29) is 12.4 Å². The van der Waals surface area contributed by atoms with Crippen molar-refractivity contribution >= 4 is 23.2 Å². The van der Waals surface area contributed by atoms with Crippen LogP contribution in [0, 0.1) is 10.1 Å². The number of aliphatic hydroxyl groups is 1. The number of rotatable bonds is 6. The molecule has 0 aliphatic heterocycles. The summed E-state index contributed by atoms with van der Waals surface area (Å²) in [5.41, 5.74) is 1.07. The molecule has 0 aromatic carbocycles. The van der Waals surface area contributed by atoms with Crippen molar-refractivity contribution in [2.45, 2.75) is 12.2 Å². The van der Waals surface area contributed by atoms with Crippen LogP contribution in [-0.2, 0) is 5.75 Å². The van der Waals surface area contributed by atoms with E-state index in [1.807, 2.05) is 0 Å². The van der Waals surface area contributed by atoms with Crippen LogP contribution >= 0.6 is 11.8 Å². The van der Waals surface area contributed by atoms with Gasteiger partial charge in [-0.25, -0.2) is 4.98 Å². The summed E-state index contributed by atoms with van der Waals surface area (Å²) in [6.07, 6.45) is 2.33. The summed E-state index contributed by atoms with van der Waals surface area (Å²) in [6, 6.07) is 5.29. The number of hydrogen-bond acceptors (Lipinski definition) is 5. The molecule has 0 spiro atoms. The minimum Gasteiger partial charge on any atom is -0.396 e. The minimum atomic E-state index is -0.401. The van der Waals surface area contributed by atoms with Gasteiger partial charge in [-0.05, 0) is 23.2 Å². The number of aromatic nitrogens is 2. The van der Waals surface area contributed by atoms with Crippen LogP contribution in [0.25, 0.3) is 5.65 Å². The van der Waals surface area contributed by atoms with E-state index in [2.05, 4.69) is 4.98 Å². The van der Waals surface area contributed by atoms with E-state index < -0.39 is 4.92 Å². The van der Waals surface area contributed by atoms with Crippen LogP contribution in [0.1, 0.15) is 12.1 Å². The molecule has 0 fully saturated rings. The third kappa shape index (κ3) is 2.62. The molecule has 6 nitrogen and oxygen atoms in total. The molecule has 0 bridgehead atoms. The molecule has 0 amide bonds. The molecule has 0 aliphatic rings. The Morgan fingerprint density at radius 1 is 1.50 bits per heavy atom. The predicted molar refractivity (Wildman–Crippen MR) is 69.7 cm³/mol. The Kier molecular flexibility index (Phi) is 4.16. The van der Waals surface area contributed by atoms with Gasteiger partial charge in [-0.15, -0.1) is 0 Å². The monoisotopic (exact) mass is 267 g/mol. The zero-order chi connectivity index (χ0) is 13.0. The van der Waals surface area contributed by atoms with Crippen molar-refractivity contribution in [3.63, 3.8) is 0 Å². The Hall–Kier alpha value is -1.60. The summed E-state index contributed by atoms with van der Waals surface area (Å²) < 4.78 is 1.49. The van der Waals surface area contributed by atoms with Gasteiger partial charge in [-0.1, -0.05) is 6.07 Å². The molecule has 0 atom stereocenters. The lowest BCUT2D eigenvalue weighted by atomic mass is 10.5. The molecule has 0 aliphatic carbocycles. The first-order valence-corrected chi connectivity index (χ1v) is 6.68. The average molecular weight is 267 g/mol. The van der Waals surface area contributed by atoms with E-state index in [0.29, 0.717) is 23.5 Å². The molecule has 0 saturated heterocycles. The van der Waals surface area contributed by atoms with Crippen LogP contribution in [-0.4, -0.2) is 31.8 Å². The maximum absolute atomic E-state index is 11.1. The number of thioether (sulfide) groups is 1. The number of pyridine rings is 1. The van der Waals surface area contributed by atoms with E-state index in [1.54, 1.807) is 24.4 Å². The lowest BCUT2D eigenvalue weighted by Gasteiger charge is -1.98. The van der Waals surface area contributed by atoms with Gasteiger partial charge in [0.2, 0.25) is 5.65 Å². The van der Waals surface area contributed by atoms with Gasteiger partial charge in [-0.3, -0.25) is 0 Å².